The molecule has 1 saturated heterocycles. The summed E-state index contributed by atoms with van der Waals surface area (Å²) in [6.45, 7) is 2.84. The molecule has 4 aromatic rings. The summed E-state index contributed by atoms with van der Waals surface area (Å²) in [5.74, 6) is 0.530. The predicted molar refractivity (Wildman–Crippen MR) is 131 cm³/mol. The number of para-hydroxylation sites is 1. The number of hydrogen-bond acceptors (Lipinski definition) is 3. The van der Waals surface area contributed by atoms with Gasteiger partial charge in [0.2, 0.25) is 0 Å². The second-order valence-corrected chi connectivity index (χ2v) is 10.2. The Bertz CT molecular complexity index is 1320. The molecule has 0 spiro atoms. The molecule has 1 aromatic heterocycles. The molecular formula is C30H28N2O. The number of likely N-dealkylation sites (tertiary alicyclic amines) is 1. The van der Waals surface area contributed by atoms with E-state index in [2.05, 4.69) is 70.5 Å². The Labute approximate surface area is 194 Å². The van der Waals surface area contributed by atoms with E-state index in [1.807, 2.05) is 24.4 Å². The number of rotatable bonds is 3. The van der Waals surface area contributed by atoms with Crippen molar-refractivity contribution in [2.24, 2.45) is 0 Å². The van der Waals surface area contributed by atoms with Crippen molar-refractivity contribution in [3.05, 3.63) is 113 Å². The molecule has 1 aliphatic heterocycles. The van der Waals surface area contributed by atoms with Crippen LogP contribution in [0, 0.1) is 0 Å². The minimum atomic E-state index is -0.797. The number of aromatic nitrogens is 1. The van der Waals surface area contributed by atoms with Gasteiger partial charge in [-0.1, -0.05) is 66.7 Å². The van der Waals surface area contributed by atoms with E-state index in [-0.39, 0.29) is 5.41 Å². The Morgan fingerprint density at radius 2 is 1.48 bits per heavy atom. The minimum absolute atomic E-state index is 0.0812. The van der Waals surface area contributed by atoms with Gasteiger partial charge >= 0.3 is 0 Å². The fraction of sp³-hybridized carbons (Fsp3) is 0.300. The predicted octanol–water partition coefficient (Wildman–Crippen LogP) is 5.35. The number of fused-ring (bicyclic) bond motifs is 9. The lowest BCUT2D eigenvalue weighted by atomic mass is 9.74. The monoisotopic (exact) mass is 432 g/mol. The molecule has 3 heteroatoms. The van der Waals surface area contributed by atoms with Gasteiger partial charge in [-0.15, -0.1) is 0 Å². The van der Waals surface area contributed by atoms with Crippen LogP contribution in [-0.4, -0.2) is 34.6 Å². The van der Waals surface area contributed by atoms with Gasteiger partial charge in [0.15, 0.2) is 0 Å². The molecule has 0 atom stereocenters. The highest BCUT2D eigenvalue weighted by atomic mass is 16.3. The van der Waals surface area contributed by atoms with E-state index >= 15 is 0 Å². The topological polar surface area (TPSA) is 36.4 Å². The van der Waals surface area contributed by atoms with Crippen LogP contribution in [0.25, 0.3) is 10.9 Å². The lowest BCUT2D eigenvalue weighted by Crippen LogP contribution is -2.47. The van der Waals surface area contributed by atoms with Gasteiger partial charge in [0.1, 0.15) is 0 Å². The smallest absolute Gasteiger partial charge is 0.0935 e. The largest absolute Gasteiger partial charge is 0.385 e. The van der Waals surface area contributed by atoms with E-state index in [4.69, 9.17) is 0 Å². The summed E-state index contributed by atoms with van der Waals surface area (Å²) in [4.78, 5) is 7.20. The Morgan fingerprint density at radius 1 is 0.848 bits per heavy atom. The van der Waals surface area contributed by atoms with Crippen molar-refractivity contribution in [1.29, 1.82) is 0 Å². The van der Waals surface area contributed by atoms with E-state index in [1.54, 1.807) is 0 Å². The third kappa shape index (κ3) is 2.79. The van der Waals surface area contributed by atoms with Crippen LogP contribution < -0.4 is 0 Å². The van der Waals surface area contributed by atoms with E-state index in [0.717, 1.165) is 48.9 Å². The average Bonchev–Trinajstić information content (AvgIpc) is 3.38. The molecule has 3 aliphatic rings. The standard InChI is InChI=1S/C30H28N2O/c33-30(22-17-21-7-1-6-12-28(21)31-19-22)13-15-32(16-14-30)20-29-18-25(23-8-2-4-10-26(23)29)24-9-3-5-11-27(24)29/h1-12,17,19,25,33H,13-16,18,20H2. The summed E-state index contributed by atoms with van der Waals surface area (Å²) in [6, 6.07) is 28.4. The Hall–Kier alpha value is -3.01. The van der Waals surface area contributed by atoms with Crippen molar-refractivity contribution in [2.45, 2.75) is 36.2 Å². The molecule has 2 bridgehead atoms. The maximum atomic E-state index is 11.6. The van der Waals surface area contributed by atoms with Gasteiger partial charge < -0.3 is 10.0 Å². The van der Waals surface area contributed by atoms with Crippen molar-refractivity contribution in [3.63, 3.8) is 0 Å². The van der Waals surface area contributed by atoms with E-state index in [0.29, 0.717) is 5.92 Å². The van der Waals surface area contributed by atoms with Crippen molar-refractivity contribution >= 4 is 10.9 Å². The summed E-state index contributed by atoms with van der Waals surface area (Å²) in [6.07, 6.45) is 4.55. The second-order valence-electron chi connectivity index (χ2n) is 10.2. The molecule has 3 nitrogen and oxygen atoms in total. The SMILES string of the molecule is OC1(c2cnc3ccccc3c2)CCN(CC23CC(c4ccccc42)c2ccccc23)CC1. The van der Waals surface area contributed by atoms with Crippen LogP contribution in [0.2, 0.25) is 0 Å². The molecule has 2 heterocycles. The van der Waals surface area contributed by atoms with Crippen LogP contribution in [0.4, 0.5) is 0 Å². The zero-order valence-corrected chi connectivity index (χ0v) is 18.7. The van der Waals surface area contributed by atoms with Crippen molar-refractivity contribution in [2.75, 3.05) is 19.6 Å². The maximum absolute atomic E-state index is 11.6. The fourth-order valence-corrected chi connectivity index (χ4v) is 6.89. The lowest BCUT2D eigenvalue weighted by Gasteiger charge is -2.42. The number of hydrogen-bond donors (Lipinski definition) is 1. The highest BCUT2D eigenvalue weighted by Crippen LogP contribution is 2.60. The first-order valence-corrected chi connectivity index (χ1v) is 12.2. The van der Waals surface area contributed by atoms with Gasteiger partial charge in [0.05, 0.1) is 11.1 Å². The molecule has 1 N–H and O–H groups in total. The maximum Gasteiger partial charge on any atom is 0.0935 e. The van der Waals surface area contributed by atoms with Crippen molar-refractivity contribution in [1.82, 2.24) is 9.88 Å². The Morgan fingerprint density at radius 3 is 2.21 bits per heavy atom. The molecule has 33 heavy (non-hydrogen) atoms. The van der Waals surface area contributed by atoms with Crippen LogP contribution in [0.5, 0.6) is 0 Å². The van der Waals surface area contributed by atoms with Crippen molar-refractivity contribution in [3.8, 4) is 0 Å². The third-order valence-corrected chi connectivity index (χ3v) is 8.56. The summed E-state index contributed by atoms with van der Waals surface area (Å²) in [7, 11) is 0. The molecule has 0 unspecified atom stereocenters. The van der Waals surface area contributed by atoms with Crippen LogP contribution in [0.15, 0.2) is 85.1 Å². The molecule has 3 aromatic carbocycles. The van der Waals surface area contributed by atoms with Gasteiger partial charge in [-0.3, -0.25) is 4.98 Å². The van der Waals surface area contributed by atoms with Crippen LogP contribution in [0.1, 0.15) is 53.0 Å². The summed E-state index contributed by atoms with van der Waals surface area (Å²) >= 11 is 0. The molecule has 7 rings (SSSR count). The normalized spacial score (nSPS) is 25.2. The minimum Gasteiger partial charge on any atom is -0.385 e. The van der Waals surface area contributed by atoms with E-state index < -0.39 is 5.60 Å². The quantitative estimate of drug-likeness (QED) is 0.474. The Kier molecular flexibility index (Phi) is 4.12. The van der Waals surface area contributed by atoms with Gasteiger partial charge in [-0.25, -0.2) is 0 Å². The number of nitrogens with zero attached hydrogens (tertiary/aromatic N) is 2. The van der Waals surface area contributed by atoms with Gasteiger partial charge in [-0.05, 0) is 53.6 Å². The summed E-state index contributed by atoms with van der Waals surface area (Å²) in [5, 5.41) is 12.7. The molecular weight excluding hydrogens is 404 g/mol. The molecule has 2 aliphatic carbocycles. The van der Waals surface area contributed by atoms with Gasteiger partial charge in [0, 0.05) is 48.1 Å². The number of benzene rings is 3. The highest BCUT2D eigenvalue weighted by molar-refractivity contribution is 5.79. The molecule has 164 valence electrons. The summed E-state index contributed by atoms with van der Waals surface area (Å²) in [5.41, 5.74) is 7.31. The number of piperidine rings is 1. The highest BCUT2D eigenvalue weighted by Gasteiger charge is 2.53. The van der Waals surface area contributed by atoms with Crippen LogP contribution in [-0.2, 0) is 11.0 Å². The first kappa shape index (κ1) is 19.5. The Balaban J connectivity index is 1.17. The van der Waals surface area contributed by atoms with Crippen LogP contribution >= 0.6 is 0 Å². The molecule has 0 radical (unpaired) electrons. The van der Waals surface area contributed by atoms with E-state index in [9.17, 15) is 5.11 Å². The fourth-order valence-electron chi connectivity index (χ4n) is 6.89. The van der Waals surface area contributed by atoms with Crippen LogP contribution in [0.3, 0.4) is 0 Å². The van der Waals surface area contributed by atoms with E-state index in [1.165, 1.54) is 28.7 Å². The average molecular weight is 433 g/mol. The van der Waals surface area contributed by atoms with Crippen molar-refractivity contribution < 1.29 is 5.11 Å². The molecule has 0 amide bonds. The first-order chi connectivity index (χ1) is 16.2. The number of aliphatic hydroxyl groups is 1. The summed E-state index contributed by atoms with van der Waals surface area (Å²) < 4.78 is 0. The number of pyridine rings is 1. The zero-order valence-electron chi connectivity index (χ0n) is 18.7. The second kappa shape index (κ2) is 6.99. The van der Waals surface area contributed by atoms with Gasteiger partial charge in [-0.2, -0.15) is 0 Å². The van der Waals surface area contributed by atoms with Gasteiger partial charge in [0.25, 0.3) is 0 Å². The lowest BCUT2D eigenvalue weighted by molar-refractivity contribution is -0.0290. The zero-order chi connectivity index (χ0) is 22.0. The molecule has 1 fully saturated rings. The molecule has 0 saturated carbocycles. The first-order valence-electron chi connectivity index (χ1n) is 12.2. The third-order valence-electron chi connectivity index (χ3n) is 8.56.